The third kappa shape index (κ3) is 6.35. The van der Waals surface area contributed by atoms with Crippen molar-refractivity contribution in [2.75, 3.05) is 20.3 Å². The molecule has 2 aromatic rings. The van der Waals surface area contributed by atoms with E-state index in [9.17, 15) is 9.18 Å². The number of methoxy groups -OCH3 is 1. The number of guanidine groups is 1. The molecule has 0 fully saturated rings. The lowest BCUT2D eigenvalue weighted by Gasteiger charge is -2.15. The molecule has 4 N–H and O–H groups in total. The highest BCUT2D eigenvalue weighted by Gasteiger charge is 2.12. The minimum Gasteiger partial charge on any atom is -0.493 e. The summed E-state index contributed by atoms with van der Waals surface area (Å²) in [5.74, 6) is -0.282. The van der Waals surface area contributed by atoms with E-state index in [4.69, 9.17) is 20.6 Å². The normalized spacial score (nSPS) is 10.5. The molecule has 1 amide bonds. The van der Waals surface area contributed by atoms with E-state index in [-0.39, 0.29) is 24.1 Å². The van der Waals surface area contributed by atoms with Gasteiger partial charge in [0.05, 0.1) is 6.61 Å². The predicted molar refractivity (Wildman–Crippen MR) is 107 cm³/mol. The van der Waals surface area contributed by atoms with Crippen LogP contribution in [-0.2, 0) is 16.0 Å². The van der Waals surface area contributed by atoms with Gasteiger partial charge in [-0.15, -0.1) is 0 Å². The van der Waals surface area contributed by atoms with Crippen LogP contribution >= 0.6 is 0 Å². The van der Waals surface area contributed by atoms with E-state index >= 15 is 0 Å². The summed E-state index contributed by atoms with van der Waals surface area (Å²) in [5.41, 5.74) is 8.66. The lowest BCUT2D eigenvalue weighted by Crippen LogP contribution is -2.35. The van der Waals surface area contributed by atoms with Crippen molar-refractivity contribution < 1.29 is 18.7 Å². The summed E-state index contributed by atoms with van der Waals surface area (Å²) in [7, 11) is 1.64. The third-order valence-corrected chi connectivity index (χ3v) is 4.19. The van der Waals surface area contributed by atoms with Gasteiger partial charge in [-0.2, -0.15) is 0 Å². The van der Waals surface area contributed by atoms with Crippen LogP contribution in [0.4, 0.5) is 4.39 Å². The zero-order valence-corrected chi connectivity index (χ0v) is 16.2. The molecule has 0 aliphatic heterocycles. The number of nitrogens with two attached hydrogens (primary N) is 1. The largest absolute Gasteiger partial charge is 0.493 e. The first-order valence-electron chi connectivity index (χ1n) is 9.05. The van der Waals surface area contributed by atoms with Crippen molar-refractivity contribution in [1.82, 2.24) is 5.32 Å². The van der Waals surface area contributed by atoms with Gasteiger partial charge in [-0.25, -0.2) is 4.39 Å². The van der Waals surface area contributed by atoms with Gasteiger partial charge in [0, 0.05) is 32.1 Å². The number of benzene rings is 2. The number of halogens is 1. The number of nitrogens with one attached hydrogen (secondary N) is 2. The molecule has 0 heterocycles. The van der Waals surface area contributed by atoms with Gasteiger partial charge in [-0.3, -0.25) is 15.5 Å². The Morgan fingerprint density at radius 3 is 2.61 bits per heavy atom. The van der Waals surface area contributed by atoms with Gasteiger partial charge in [0.2, 0.25) is 5.91 Å². The first-order valence-corrected chi connectivity index (χ1v) is 9.05. The maximum atomic E-state index is 13.5. The van der Waals surface area contributed by atoms with Gasteiger partial charge in [0.15, 0.2) is 5.96 Å². The van der Waals surface area contributed by atoms with Crippen LogP contribution in [-0.4, -0.2) is 32.2 Å². The molecule has 7 heteroatoms. The fraction of sp³-hybridized carbons (Fsp3) is 0.333. The smallest absolute Gasteiger partial charge is 0.226 e. The van der Waals surface area contributed by atoms with E-state index in [0.717, 1.165) is 28.7 Å². The van der Waals surface area contributed by atoms with Gasteiger partial charge in [0.1, 0.15) is 11.6 Å². The molecule has 0 atom stereocenters. The van der Waals surface area contributed by atoms with Crippen LogP contribution in [0.3, 0.4) is 0 Å². The van der Waals surface area contributed by atoms with Gasteiger partial charge >= 0.3 is 0 Å². The minimum atomic E-state index is -0.366. The number of hydrogen-bond acceptors (Lipinski definition) is 4. The Labute approximate surface area is 164 Å². The number of amides is 1. The van der Waals surface area contributed by atoms with E-state index < -0.39 is 0 Å². The fourth-order valence-corrected chi connectivity index (χ4v) is 2.85. The number of hydrogen-bond donors (Lipinski definition) is 3. The molecule has 0 aliphatic carbocycles. The molecule has 0 saturated carbocycles. The monoisotopic (exact) mass is 387 g/mol. The van der Waals surface area contributed by atoms with Crippen molar-refractivity contribution in [1.29, 1.82) is 5.41 Å². The Balaban J connectivity index is 2.23. The molecular formula is C21H26FN3O3. The highest BCUT2D eigenvalue weighted by molar-refractivity contribution is 5.94. The molecule has 6 nitrogen and oxygen atoms in total. The number of carbonyl (C=O) groups excluding carboxylic acids is 1. The standard InChI is InChI=1S/C21H26FN3O3/c1-14-12-16(22)6-8-17(14)18-7-4-15(5-9-20(26)25-21(23)24)13-19(18)28-11-3-10-27-2/h4,6-8,12-13H,3,5,9-11H2,1-2H3,(H4,23,24,25,26). The van der Waals surface area contributed by atoms with Crippen molar-refractivity contribution in [3.8, 4) is 16.9 Å². The van der Waals surface area contributed by atoms with Crippen LogP contribution in [0.5, 0.6) is 5.75 Å². The lowest BCUT2D eigenvalue weighted by atomic mass is 9.97. The van der Waals surface area contributed by atoms with Crippen LogP contribution in [0.25, 0.3) is 11.1 Å². The Hall–Kier alpha value is -2.93. The predicted octanol–water partition coefficient (Wildman–Crippen LogP) is 3.16. The Kier molecular flexibility index (Phi) is 7.95. The SMILES string of the molecule is COCCCOc1cc(CCC(=O)NC(=N)N)ccc1-c1ccc(F)cc1C. The number of aryl methyl sites for hydroxylation is 2. The summed E-state index contributed by atoms with van der Waals surface area (Å²) in [6.45, 7) is 2.93. The van der Waals surface area contributed by atoms with Crippen molar-refractivity contribution in [2.45, 2.75) is 26.2 Å². The minimum absolute atomic E-state index is 0.206. The first-order chi connectivity index (χ1) is 13.4. The highest BCUT2D eigenvalue weighted by atomic mass is 19.1. The van der Waals surface area contributed by atoms with Gasteiger partial charge in [0.25, 0.3) is 0 Å². The maximum absolute atomic E-state index is 13.5. The van der Waals surface area contributed by atoms with Crippen molar-refractivity contribution in [2.24, 2.45) is 5.73 Å². The Morgan fingerprint density at radius 1 is 1.18 bits per heavy atom. The second kappa shape index (κ2) is 10.4. The molecule has 0 aliphatic rings. The van der Waals surface area contributed by atoms with Crippen LogP contribution in [0.15, 0.2) is 36.4 Å². The molecule has 0 radical (unpaired) electrons. The summed E-state index contributed by atoms with van der Waals surface area (Å²) in [4.78, 5) is 11.7. The molecule has 2 aromatic carbocycles. The second-order valence-electron chi connectivity index (χ2n) is 6.45. The number of ether oxygens (including phenoxy) is 2. The van der Waals surface area contributed by atoms with Gasteiger partial charge in [-0.05, 0) is 48.2 Å². The van der Waals surface area contributed by atoms with E-state index in [1.807, 2.05) is 25.1 Å². The zero-order chi connectivity index (χ0) is 20.5. The first kappa shape index (κ1) is 21.4. The maximum Gasteiger partial charge on any atom is 0.226 e. The molecular weight excluding hydrogens is 361 g/mol. The number of rotatable bonds is 9. The van der Waals surface area contributed by atoms with Gasteiger partial charge < -0.3 is 15.2 Å². The summed E-state index contributed by atoms with van der Waals surface area (Å²) in [5, 5.41) is 9.37. The van der Waals surface area contributed by atoms with Crippen LogP contribution < -0.4 is 15.8 Å². The third-order valence-electron chi connectivity index (χ3n) is 4.19. The Bertz CT molecular complexity index is 840. The molecule has 150 valence electrons. The van der Waals surface area contributed by atoms with E-state index in [1.54, 1.807) is 13.2 Å². The van der Waals surface area contributed by atoms with E-state index in [1.165, 1.54) is 12.1 Å². The van der Waals surface area contributed by atoms with Crippen molar-refractivity contribution >= 4 is 11.9 Å². The average molecular weight is 387 g/mol. The van der Waals surface area contributed by atoms with Gasteiger partial charge in [-0.1, -0.05) is 18.2 Å². The van der Waals surface area contributed by atoms with Crippen molar-refractivity contribution in [3.63, 3.8) is 0 Å². The highest BCUT2D eigenvalue weighted by Crippen LogP contribution is 2.34. The molecule has 28 heavy (non-hydrogen) atoms. The summed E-state index contributed by atoms with van der Waals surface area (Å²) >= 11 is 0. The second-order valence-corrected chi connectivity index (χ2v) is 6.45. The number of carbonyl (C=O) groups is 1. The molecule has 0 bridgehead atoms. The average Bonchev–Trinajstić information content (AvgIpc) is 2.64. The van der Waals surface area contributed by atoms with Crippen LogP contribution in [0.1, 0.15) is 24.0 Å². The topological polar surface area (TPSA) is 97.4 Å². The quantitative estimate of drug-likeness (QED) is 0.350. The fourth-order valence-electron chi connectivity index (χ4n) is 2.85. The molecule has 0 spiro atoms. The summed E-state index contributed by atoms with van der Waals surface area (Å²) in [6.07, 6.45) is 1.43. The Morgan fingerprint density at radius 2 is 1.93 bits per heavy atom. The molecule has 2 rings (SSSR count). The molecule has 0 unspecified atom stereocenters. The zero-order valence-electron chi connectivity index (χ0n) is 16.2. The summed E-state index contributed by atoms with van der Waals surface area (Å²) in [6, 6.07) is 10.4. The van der Waals surface area contributed by atoms with E-state index in [2.05, 4.69) is 5.32 Å². The van der Waals surface area contributed by atoms with Crippen molar-refractivity contribution in [3.05, 3.63) is 53.3 Å². The molecule has 0 saturated heterocycles. The van der Waals surface area contributed by atoms with E-state index in [0.29, 0.717) is 25.4 Å². The van der Waals surface area contributed by atoms with Crippen LogP contribution in [0, 0.1) is 18.2 Å². The lowest BCUT2D eigenvalue weighted by molar-refractivity contribution is -0.119. The molecule has 0 aromatic heterocycles. The van der Waals surface area contributed by atoms with Crippen LogP contribution in [0.2, 0.25) is 0 Å². The summed E-state index contributed by atoms with van der Waals surface area (Å²) < 4.78 is 24.5.